The summed E-state index contributed by atoms with van der Waals surface area (Å²) < 4.78 is 31.5. The van der Waals surface area contributed by atoms with Crippen LogP contribution in [0, 0.1) is 11.9 Å². The average Bonchev–Trinajstić information content (AvgIpc) is 3.23. The SMILES string of the molecule is COc1ccc(Nc2cc(F)nc(F)c2)nc1C(=O)NC1(C)CC1. The van der Waals surface area contributed by atoms with E-state index < -0.39 is 11.9 Å². The van der Waals surface area contributed by atoms with Crippen LogP contribution in [0.25, 0.3) is 0 Å². The topological polar surface area (TPSA) is 76.1 Å². The van der Waals surface area contributed by atoms with E-state index in [1.54, 1.807) is 12.1 Å². The molecule has 0 aliphatic heterocycles. The largest absolute Gasteiger partial charge is 0.494 e. The first kappa shape index (κ1) is 16.1. The van der Waals surface area contributed by atoms with Gasteiger partial charge in [0.25, 0.3) is 5.91 Å². The molecule has 2 aromatic heterocycles. The summed E-state index contributed by atoms with van der Waals surface area (Å²) in [7, 11) is 1.44. The molecule has 126 valence electrons. The molecule has 2 heterocycles. The van der Waals surface area contributed by atoms with Gasteiger partial charge in [0.1, 0.15) is 11.6 Å². The Kier molecular flexibility index (Phi) is 4.04. The van der Waals surface area contributed by atoms with Gasteiger partial charge in [-0.3, -0.25) is 4.79 Å². The summed E-state index contributed by atoms with van der Waals surface area (Å²) in [6, 6.07) is 5.16. The van der Waals surface area contributed by atoms with Crippen molar-refractivity contribution < 1.29 is 18.3 Å². The van der Waals surface area contributed by atoms with Crippen molar-refractivity contribution in [3.05, 3.63) is 41.9 Å². The van der Waals surface area contributed by atoms with E-state index in [0.717, 1.165) is 25.0 Å². The lowest BCUT2D eigenvalue weighted by atomic mass is 10.2. The van der Waals surface area contributed by atoms with Crippen LogP contribution in [0.2, 0.25) is 0 Å². The van der Waals surface area contributed by atoms with Gasteiger partial charge >= 0.3 is 0 Å². The number of ether oxygens (including phenoxy) is 1. The van der Waals surface area contributed by atoms with Gasteiger partial charge in [-0.1, -0.05) is 0 Å². The minimum absolute atomic E-state index is 0.102. The first-order chi connectivity index (χ1) is 11.4. The molecule has 3 rings (SSSR count). The van der Waals surface area contributed by atoms with Crippen LogP contribution in [-0.2, 0) is 0 Å². The van der Waals surface area contributed by atoms with Gasteiger partial charge in [-0.15, -0.1) is 0 Å². The first-order valence-electron chi connectivity index (χ1n) is 7.36. The quantitative estimate of drug-likeness (QED) is 0.822. The first-order valence-corrected chi connectivity index (χ1v) is 7.36. The maximum atomic E-state index is 13.2. The Morgan fingerprint density at radius 3 is 2.46 bits per heavy atom. The van der Waals surface area contributed by atoms with Crippen molar-refractivity contribution in [2.45, 2.75) is 25.3 Å². The van der Waals surface area contributed by atoms with E-state index in [0.29, 0.717) is 5.75 Å². The standard InChI is InChI=1S/C16H16F2N4O2/c1-16(5-6-16)22-15(23)14-10(24-2)3-4-13(21-14)19-9-7-11(17)20-12(18)8-9/h3-4,7-8H,5-6H2,1-2H3,(H,22,23)(H,19,20,21). The monoisotopic (exact) mass is 334 g/mol. The number of nitrogens with one attached hydrogen (secondary N) is 2. The number of anilines is 2. The molecule has 1 fully saturated rings. The molecule has 1 aliphatic carbocycles. The lowest BCUT2D eigenvalue weighted by Gasteiger charge is -2.14. The van der Waals surface area contributed by atoms with Crippen molar-refractivity contribution in [2.75, 3.05) is 12.4 Å². The van der Waals surface area contributed by atoms with Gasteiger partial charge in [-0.25, -0.2) is 4.98 Å². The molecule has 0 spiro atoms. The number of methoxy groups -OCH3 is 1. The van der Waals surface area contributed by atoms with Crippen LogP contribution in [0.4, 0.5) is 20.3 Å². The summed E-state index contributed by atoms with van der Waals surface area (Å²) >= 11 is 0. The van der Waals surface area contributed by atoms with Gasteiger partial charge in [0.05, 0.1) is 7.11 Å². The Morgan fingerprint density at radius 2 is 1.88 bits per heavy atom. The predicted octanol–water partition coefficient (Wildman–Crippen LogP) is 2.79. The minimum atomic E-state index is -0.953. The number of halogens is 2. The summed E-state index contributed by atoms with van der Waals surface area (Å²) in [5, 5.41) is 5.64. The Morgan fingerprint density at radius 1 is 1.21 bits per heavy atom. The number of pyridine rings is 2. The molecule has 2 N–H and O–H groups in total. The number of nitrogens with zero attached hydrogens (tertiary/aromatic N) is 2. The highest BCUT2D eigenvalue weighted by atomic mass is 19.1. The summed E-state index contributed by atoms with van der Waals surface area (Å²) in [5.74, 6) is -1.69. The van der Waals surface area contributed by atoms with Crippen molar-refractivity contribution in [3.8, 4) is 5.75 Å². The van der Waals surface area contributed by atoms with Crippen LogP contribution in [0.15, 0.2) is 24.3 Å². The minimum Gasteiger partial charge on any atom is -0.494 e. The fourth-order valence-electron chi connectivity index (χ4n) is 2.17. The lowest BCUT2D eigenvalue weighted by Crippen LogP contribution is -2.35. The summed E-state index contributed by atoms with van der Waals surface area (Å²) in [4.78, 5) is 19.6. The predicted molar refractivity (Wildman–Crippen MR) is 83.3 cm³/mol. The van der Waals surface area contributed by atoms with Gasteiger partial charge in [0.15, 0.2) is 5.69 Å². The van der Waals surface area contributed by atoms with E-state index in [2.05, 4.69) is 20.6 Å². The maximum Gasteiger partial charge on any atom is 0.274 e. The molecule has 0 unspecified atom stereocenters. The second-order valence-electron chi connectivity index (χ2n) is 5.89. The number of carbonyl (C=O) groups excluding carboxylic acids is 1. The second kappa shape index (κ2) is 6.03. The number of amides is 1. The normalized spacial score (nSPS) is 14.8. The van der Waals surface area contributed by atoms with E-state index in [-0.39, 0.29) is 28.6 Å². The highest BCUT2D eigenvalue weighted by Crippen LogP contribution is 2.35. The van der Waals surface area contributed by atoms with E-state index >= 15 is 0 Å². The smallest absolute Gasteiger partial charge is 0.274 e. The third-order valence-electron chi connectivity index (χ3n) is 3.74. The molecule has 1 saturated carbocycles. The number of aromatic nitrogens is 2. The zero-order valence-corrected chi connectivity index (χ0v) is 13.2. The molecule has 2 aromatic rings. The molecule has 1 aliphatic rings. The summed E-state index contributed by atoms with van der Waals surface area (Å²) in [5.41, 5.74) is 0.0358. The van der Waals surface area contributed by atoms with Gasteiger partial charge in [-0.05, 0) is 31.9 Å². The number of hydrogen-bond acceptors (Lipinski definition) is 5. The zero-order chi connectivity index (χ0) is 17.3. The number of hydrogen-bond donors (Lipinski definition) is 2. The fraction of sp³-hybridized carbons (Fsp3) is 0.312. The van der Waals surface area contributed by atoms with Crippen LogP contribution < -0.4 is 15.4 Å². The van der Waals surface area contributed by atoms with Crippen molar-refractivity contribution in [1.82, 2.24) is 15.3 Å². The van der Waals surface area contributed by atoms with Crippen LogP contribution in [0.5, 0.6) is 5.75 Å². The molecule has 0 atom stereocenters. The van der Waals surface area contributed by atoms with Crippen molar-refractivity contribution in [2.24, 2.45) is 0 Å². The van der Waals surface area contributed by atoms with E-state index in [9.17, 15) is 13.6 Å². The summed E-state index contributed by atoms with van der Waals surface area (Å²) in [6.07, 6.45) is 1.82. The van der Waals surface area contributed by atoms with Gasteiger partial charge in [-0.2, -0.15) is 13.8 Å². The third kappa shape index (κ3) is 3.58. The molecule has 0 saturated heterocycles. The fourth-order valence-corrected chi connectivity index (χ4v) is 2.17. The highest BCUT2D eigenvalue weighted by Gasteiger charge is 2.39. The molecule has 8 heteroatoms. The van der Waals surface area contributed by atoms with Crippen molar-refractivity contribution in [3.63, 3.8) is 0 Å². The average molecular weight is 334 g/mol. The Hall–Kier alpha value is -2.77. The van der Waals surface area contributed by atoms with Gasteiger partial charge in [0, 0.05) is 23.4 Å². The summed E-state index contributed by atoms with van der Waals surface area (Å²) in [6.45, 7) is 1.95. The van der Waals surface area contributed by atoms with Crippen LogP contribution in [-0.4, -0.2) is 28.5 Å². The van der Waals surface area contributed by atoms with Crippen LogP contribution >= 0.6 is 0 Å². The zero-order valence-electron chi connectivity index (χ0n) is 13.2. The number of carbonyl (C=O) groups is 1. The third-order valence-corrected chi connectivity index (χ3v) is 3.74. The molecule has 6 nitrogen and oxygen atoms in total. The Labute approximate surface area is 137 Å². The molecule has 1 amide bonds. The van der Waals surface area contributed by atoms with Crippen molar-refractivity contribution >= 4 is 17.4 Å². The maximum absolute atomic E-state index is 13.2. The molecule has 0 aromatic carbocycles. The number of rotatable bonds is 5. The molecule has 0 radical (unpaired) electrons. The Balaban J connectivity index is 1.86. The van der Waals surface area contributed by atoms with Crippen molar-refractivity contribution in [1.29, 1.82) is 0 Å². The van der Waals surface area contributed by atoms with Gasteiger partial charge in [0.2, 0.25) is 11.9 Å². The van der Waals surface area contributed by atoms with Crippen LogP contribution in [0.1, 0.15) is 30.3 Å². The van der Waals surface area contributed by atoms with Gasteiger partial charge < -0.3 is 15.4 Å². The molecular weight excluding hydrogens is 318 g/mol. The second-order valence-corrected chi connectivity index (χ2v) is 5.89. The highest BCUT2D eigenvalue weighted by molar-refractivity contribution is 5.96. The lowest BCUT2D eigenvalue weighted by molar-refractivity contribution is 0.0927. The molecule has 24 heavy (non-hydrogen) atoms. The Bertz CT molecular complexity index is 773. The van der Waals surface area contributed by atoms with E-state index in [4.69, 9.17) is 4.74 Å². The molecular formula is C16H16F2N4O2. The van der Waals surface area contributed by atoms with Crippen LogP contribution in [0.3, 0.4) is 0 Å². The van der Waals surface area contributed by atoms with E-state index in [1.165, 1.54) is 7.11 Å². The van der Waals surface area contributed by atoms with E-state index in [1.807, 2.05) is 6.92 Å². The molecule has 0 bridgehead atoms.